The van der Waals surface area contributed by atoms with E-state index in [4.69, 9.17) is 21.9 Å². The fraction of sp³-hybridized carbons (Fsp3) is 0.167. The molecule has 0 aromatic heterocycles. The van der Waals surface area contributed by atoms with Gasteiger partial charge in [-0.25, -0.2) is 9.86 Å². The number of allylic oxidation sites excluding steroid dienone is 2. The Bertz CT molecular complexity index is 238. The molecule has 5 heteroatoms. The Kier molecular flexibility index (Phi) is 1.89. The van der Waals surface area contributed by atoms with Gasteiger partial charge in [0.15, 0.2) is 0 Å². The molecule has 0 radical (unpaired) electrons. The average Bonchev–Trinajstić information content (AvgIpc) is 1.95. The van der Waals surface area contributed by atoms with Gasteiger partial charge in [-0.1, -0.05) is 17.7 Å². The molecule has 1 unspecified atom stereocenters. The van der Waals surface area contributed by atoms with Crippen molar-refractivity contribution in [1.29, 1.82) is 0 Å². The van der Waals surface area contributed by atoms with Gasteiger partial charge in [0.1, 0.15) is 0 Å². The van der Waals surface area contributed by atoms with Crippen LogP contribution >= 0.6 is 11.6 Å². The second-order valence-electron chi connectivity index (χ2n) is 2.02. The smallest absolute Gasteiger partial charge is 0.351 e. The molecule has 1 atom stereocenters. The van der Waals surface area contributed by atoms with Gasteiger partial charge in [-0.05, 0) is 12.2 Å². The van der Waals surface area contributed by atoms with Crippen LogP contribution in [-0.2, 0) is 4.79 Å². The quantitative estimate of drug-likeness (QED) is 0.457. The summed E-state index contributed by atoms with van der Waals surface area (Å²) in [6, 6.07) is 0. The lowest BCUT2D eigenvalue weighted by Gasteiger charge is -2.27. The van der Waals surface area contributed by atoms with E-state index in [9.17, 15) is 4.79 Å². The van der Waals surface area contributed by atoms with Crippen LogP contribution in [0.25, 0.3) is 0 Å². The molecule has 4 nitrogen and oxygen atoms in total. The van der Waals surface area contributed by atoms with E-state index in [2.05, 4.69) is 0 Å². The van der Waals surface area contributed by atoms with Crippen LogP contribution in [0.15, 0.2) is 24.4 Å². The lowest BCUT2D eigenvalue weighted by Crippen LogP contribution is -2.45. The van der Waals surface area contributed by atoms with Gasteiger partial charge in [-0.3, -0.25) is 5.21 Å². The van der Waals surface area contributed by atoms with Crippen LogP contribution in [0.2, 0.25) is 0 Å². The average molecular weight is 176 g/mol. The molecule has 1 heterocycles. The second kappa shape index (κ2) is 2.56. The Morgan fingerprint density at radius 1 is 1.55 bits per heavy atom. The summed E-state index contributed by atoms with van der Waals surface area (Å²) in [5.74, 6) is -1.32. The van der Waals surface area contributed by atoms with Crippen molar-refractivity contribution in [3.05, 3.63) is 24.4 Å². The summed E-state index contributed by atoms with van der Waals surface area (Å²) < 4.78 is 0. The normalized spacial score (nSPS) is 29.1. The molecule has 0 spiro atoms. The Labute approximate surface area is 67.9 Å². The van der Waals surface area contributed by atoms with Gasteiger partial charge in [-0.15, -0.1) is 0 Å². The zero-order valence-electron chi connectivity index (χ0n) is 5.44. The molecule has 0 aliphatic carbocycles. The second-order valence-corrected chi connectivity index (χ2v) is 2.60. The van der Waals surface area contributed by atoms with Crippen molar-refractivity contribution in [2.24, 2.45) is 0 Å². The van der Waals surface area contributed by atoms with E-state index in [1.54, 1.807) is 0 Å². The number of carboxylic acid groups (broad SMARTS) is 1. The zero-order chi connectivity index (χ0) is 8.48. The Balaban J connectivity index is 2.94. The van der Waals surface area contributed by atoms with E-state index in [0.717, 1.165) is 0 Å². The van der Waals surface area contributed by atoms with E-state index >= 15 is 0 Å². The van der Waals surface area contributed by atoms with Crippen LogP contribution < -0.4 is 0 Å². The maximum absolute atomic E-state index is 10.5. The number of hydrogen-bond acceptors (Lipinski definition) is 3. The van der Waals surface area contributed by atoms with E-state index < -0.39 is 11.0 Å². The van der Waals surface area contributed by atoms with Gasteiger partial charge < -0.3 is 5.11 Å². The summed E-state index contributed by atoms with van der Waals surface area (Å²) in [5.41, 5.74) is 0. The summed E-state index contributed by atoms with van der Waals surface area (Å²) in [5, 5.41) is 18.0. The molecule has 0 amide bonds. The van der Waals surface area contributed by atoms with E-state index in [1.807, 2.05) is 0 Å². The molecular formula is C6H6ClNO3. The monoisotopic (exact) mass is 175 g/mol. The molecule has 2 N–H and O–H groups in total. The first kappa shape index (κ1) is 8.10. The van der Waals surface area contributed by atoms with Crippen molar-refractivity contribution in [3.63, 3.8) is 0 Å². The van der Waals surface area contributed by atoms with Crippen LogP contribution in [0, 0.1) is 0 Å². The molecule has 0 saturated carbocycles. The largest absolute Gasteiger partial charge is 0.478 e. The molecule has 1 aliphatic rings. The van der Waals surface area contributed by atoms with Crippen molar-refractivity contribution in [3.8, 4) is 0 Å². The molecule has 0 fully saturated rings. The first-order valence-corrected chi connectivity index (χ1v) is 3.22. The first-order valence-electron chi connectivity index (χ1n) is 2.84. The summed E-state index contributed by atoms with van der Waals surface area (Å²) in [7, 11) is 0. The predicted octanol–water partition coefficient (Wildman–Crippen LogP) is 0.781. The minimum absolute atomic E-state index is 0.427. The fourth-order valence-electron chi connectivity index (χ4n) is 0.668. The topological polar surface area (TPSA) is 60.8 Å². The van der Waals surface area contributed by atoms with Gasteiger partial charge in [0.05, 0.1) is 0 Å². The molecule has 1 rings (SSSR count). The summed E-state index contributed by atoms with van der Waals surface area (Å²) >= 11 is 5.50. The third kappa shape index (κ3) is 1.22. The number of carboxylic acids is 1. The van der Waals surface area contributed by atoms with E-state index in [0.29, 0.717) is 5.06 Å². The van der Waals surface area contributed by atoms with Crippen LogP contribution in [0.3, 0.4) is 0 Å². The number of halogens is 1. The molecule has 60 valence electrons. The van der Waals surface area contributed by atoms with Crippen LogP contribution in [0.4, 0.5) is 0 Å². The highest BCUT2D eigenvalue weighted by Crippen LogP contribution is 2.24. The fourth-order valence-corrected chi connectivity index (χ4v) is 0.797. The van der Waals surface area contributed by atoms with Crippen LogP contribution in [0.5, 0.6) is 0 Å². The van der Waals surface area contributed by atoms with Gasteiger partial charge in [0.2, 0.25) is 0 Å². The maximum Gasteiger partial charge on any atom is 0.351 e. The Morgan fingerprint density at radius 3 is 2.55 bits per heavy atom. The number of nitrogens with zero attached hydrogens (tertiary/aromatic N) is 1. The molecule has 0 aromatic carbocycles. The number of alkyl halides is 1. The van der Waals surface area contributed by atoms with Crippen molar-refractivity contribution in [1.82, 2.24) is 5.06 Å². The van der Waals surface area contributed by atoms with E-state index in [1.165, 1.54) is 24.4 Å². The molecule has 0 saturated heterocycles. The highest BCUT2D eigenvalue weighted by molar-refractivity contribution is 6.34. The molecular weight excluding hydrogens is 170 g/mol. The number of hydroxylamine groups is 2. The third-order valence-electron chi connectivity index (χ3n) is 1.29. The maximum atomic E-state index is 10.5. The van der Waals surface area contributed by atoms with Crippen molar-refractivity contribution >= 4 is 17.6 Å². The van der Waals surface area contributed by atoms with Gasteiger partial charge in [0.25, 0.3) is 5.00 Å². The Morgan fingerprint density at radius 2 is 2.18 bits per heavy atom. The lowest BCUT2D eigenvalue weighted by atomic mass is 10.2. The van der Waals surface area contributed by atoms with Crippen molar-refractivity contribution < 1.29 is 15.1 Å². The number of aliphatic carboxylic acids is 1. The molecule has 0 aromatic rings. The SMILES string of the molecule is O=C(O)C1(Cl)C=CC=CN1O. The molecule has 0 bridgehead atoms. The number of carbonyl (C=O) groups is 1. The minimum atomic E-state index is -1.85. The highest BCUT2D eigenvalue weighted by Gasteiger charge is 2.39. The Hall–Kier alpha value is -1.00. The van der Waals surface area contributed by atoms with Crippen LogP contribution in [-0.4, -0.2) is 26.3 Å². The van der Waals surface area contributed by atoms with Gasteiger partial charge >= 0.3 is 5.97 Å². The van der Waals surface area contributed by atoms with Gasteiger partial charge in [-0.2, -0.15) is 0 Å². The molecule has 1 aliphatic heterocycles. The molecule has 11 heavy (non-hydrogen) atoms. The lowest BCUT2D eigenvalue weighted by molar-refractivity contribution is -0.158. The zero-order valence-corrected chi connectivity index (χ0v) is 6.19. The van der Waals surface area contributed by atoms with Gasteiger partial charge in [0, 0.05) is 6.20 Å². The standard InChI is InChI=1S/C6H6ClNO3/c7-6(5(9)10)3-1-2-4-8(6)11/h1-4,11H,(H,9,10). The predicted molar refractivity (Wildman–Crippen MR) is 38.1 cm³/mol. The van der Waals surface area contributed by atoms with Crippen LogP contribution in [0.1, 0.15) is 0 Å². The minimum Gasteiger partial charge on any atom is -0.478 e. The summed E-state index contributed by atoms with van der Waals surface area (Å²) in [6.45, 7) is 0. The third-order valence-corrected chi connectivity index (χ3v) is 1.75. The number of hydrogen-bond donors (Lipinski definition) is 2. The van der Waals surface area contributed by atoms with E-state index in [-0.39, 0.29) is 0 Å². The summed E-state index contributed by atoms with van der Waals surface area (Å²) in [4.78, 5) is 8.62. The number of rotatable bonds is 1. The first-order chi connectivity index (χ1) is 5.07. The highest BCUT2D eigenvalue weighted by atomic mass is 35.5. The van der Waals surface area contributed by atoms with Crippen molar-refractivity contribution in [2.45, 2.75) is 5.00 Å². The van der Waals surface area contributed by atoms with Crippen molar-refractivity contribution in [2.75, 3.05) is 0 Å². The summed E-state index contributed by atoms with van der Waals surface area (Å²) in [6.07, 6.45) is 5.27.